The fraction of sp³-hybridized carbons (Fsp3) is 0.267. The number of nitrogens with one attached hydrogen (secondary N) is 2. The Kier molecular flexibility index (Phi) is 5.09. The van der Waals surface area contributed by atoms with Gasteiger partial charge in [0.2, 0.25) is 5.88 Å². The molecule has 6 nitrogen and oxygen atoms in total. The van der Waals surface area contributed by atoms with Crippen molar-refractivity contribution in [2.75, 3.05) is 19.0 Å². The Morgan fingerprint density at radius 1 is 1.29 bits per heavy atom. The Morgan fingerprint density at radius 3 is 2.90 bits per heavy atom. The van der Waals surface area contributed by atoms with Gasteiger partial charge in [-0.05, 0) is 30.7 Å². The fourth-order valence-corrected chi connectivity index (χ4v) is 1.84. The number of rotatable bonds is 6. The molecule has 0 aliphatic rings. The van der Waals surface area contributed by atoms with E-state index in [1.807, 2.05) is 19.1 Å². The lowest BCUT2D eigenvalue weighted by molar-refractivity contribution is 0.0963. The first-order chi connectivity index (χ1) is 10.2. The number of aromatic nitrogens is 2. The van der Waals surface area contributed by atoms with E-state index in [0.29, 0.717) is 30.4 Å². The number of ether oxygens (including phenoxy) is 1. The van der Waals surface area contributed by atoms with E-state index in [1.54, 1.807) is 31.6 Å². The van der Waals surface area contributed by atoms with Crippen molar-refractivity contribution >= 4 is 11.7 Å². The van der Waals surface area contributed by atoms with Crippen LogP contribution in [-0.2, 0) is 6.54 Å². The van der Waals surface area contributed by atoms with Crippen LogP contribution in [0.25, 0.3) is 0 Å². The molecule has 0 unspecified atom stereocenters. The van der Waals surface area contributed by atoms with Crippen LogP contribution in [0.4, 0.5) is 5.82 Å². The average Bonchev–Trinajstić information content (AvgIpc) is 2.53. The van der Waals surface area contributed by atoms with E-state index in [1.165, 1.54) is 0 Å². The number of hydrogen-bond acceptors (Lipinski definition) is 5. The van der Waals surface area contributed by atoms with Crippen molar-refractivity contribution in [2.45, 2.75) is 13.5 Å². The van der Waals surface area contributed by atoms with Crippen molar-refractivity contribution in [3.05, 3.63) is 47.8 Å². The van der Waals surface area contributed by atoms with Crippen LogP contribution >= 0.6 is 0 Å². The highest BCUT2D eigenvalue weighted by Gasteiger charge is 2.10. The van der Waals surface area contributed by atoms with Crippen molar-refractivity contribution in [1.29, 1.82) is 0 Å². The Bertz CT molecular complexity index is 616. The molecule has 2 rings (SSSR count). The summed E-state index contributed by atoms with van der Waals surface area (Å²) in [5.74, 6) is 0.964. The van der Waals surface area contributed by atoms with Gasteiger partial charge in [-0.2, -0.15) is 0 Å². The van der Waals surface area contributed by atoms with Gasteiger partial charge in [-0.15, -0.1) is 0 Å². The van der Waals surface area contributed by atoms with Crippen LogP contribution in [-0.4, -0.2) is 29.5 Å². The molecule has 0 saturated carbocycles. The van der Waals surface area contributed by atoms with E-state index in [0.717, 1.165) is 5.56 Å². The Hall–Kier alpha value is -2.63. The molecule has 0 saturated heterocycles. The molecule has 0 aliphatic carbocycles. The third-order valence-electron chi connectivity index (χ3n) is 2.83. The third-order valence-corrected chi connectivity index (χ3v) is 2.83. The Morgan fingerprint density at radius 2 is 2.14 bits per heavy atom. The summed E-state index contributed by atoms with van der Waals surface area (Å²) in [5.41, 5.74) is 1.51. The molecule has 0 radical (unpaired) electrons. The zero-order chi connectivity index (χ0) is 15.1. The second-order valence-electron chi connectivity index (χ2n) is 4.27. The lowest BCUT2D eigenvalue weighted by Gasteiger charge is -2.10. The molecule has 0 spiro atoms. The Balaban J connectivity index is 2.09. The predicted molar refractivity (Wildman–Crippen MR) is 80.4 cm³/mol. The maximum absolute atomic E-state index is 11.8. The van der Waals surface area contributed by atoms with E-state index in [-0.39, 0.29) is 5.91 Å². The van der Waals surface area contributed by atoms with Gasteiger partial charge in [0.05, 0.1) is 12.2 Å². The van der Waals surface area contributed by atoms with Crippen molar-refractivity contribution in [3.8, 4) is 5.88 Å². The number of pyridine rings is 2. The molecule has 21 heavy (non-hydrogen) atoms. The molecular weight excluding hydrogens is 268 g/mol. The molecule has 0 atom stereocenters. The van der Waals surface area contributed by atoms with Crippen LogP contribution in [0, 0.1) is 0 Å². The maximum atomic E-state index is 11.8. The van der Waals surface area contributed by atoms with E-state index in [9.17, 15) is 4.79 Å². The summed E-state index contributed by atoms with van der Waals surface area (Å²) in [7, 11) is 1.59. The lowest BCUT2D eigenvalue weighted by atomic mass is 10.2. The van der Waals surface area contributed by atoms with Gasteiger partial charge in [0.1, 0.15) is 5.82 Å². The lowest BCUT2D eigenvalue weighted by Crippen LogP contribution is -2.20. The monoisotopic (exact) mass is 286 g/mol. The highest BCUT2D eigenvalue weighted by atomic mass is 16.5. The van der Waals surface area contributed by atoms with Crippen molar-refractivity contribution in [3.63, 3.8) is 0 Å². The van der Waals surface area contributed by atoms with Crippen molar-refractivity contribution < 1.29 is 9.53 Å². The summed E-state index contributed by atoms with van der Waals surface area (Å²) >= 11 is 0. The highest BCUT2D eigenvalue weighted by molar-refractivity contribution is 5.98. The molecule has 0 bridgehead atoms. The summed E-state index contributed by atoms with van der Waals surface area (Å²) in [4.78, 5) is 20.1. The van der Waals surface area contributed by atoms with Gasteiger partial charge in [0.15, 0.2) is 0 Å². The second-order valence-corrected chi connectivity index (χ2v) is 4.27. The standard InChI is InChI=1S/C15H18N4O2/c1-3-21-13-9-11(6-8-17-13)10-19-14-12(15(20)16-2)5-4-7-18-14/h4-9H,3,10H2,1-2H3,(H,16,20)(H,18,19). The molecule has 110 valence electrons. The molecule has 2 aromatic heterocycles. The van der Waals surface area contributed by atoms with Crippen LogP contribution in [0.5, 0.6) is 5.88 Å². The minimum absolute atomic E-state index is 0.171. The topological polar surface area (TPSA) is 76.1 Å². The van der Waals surface area contributed by atoms with Gasteiger partial charge in [0.25, 0.3) is 5.91 Å². The molecule has 0 aromatic carbocycles. The van der Waals surface area contributed by atoms with Crippen molar-refractivity contribution in [1.82, 2.24) is 15.3 Å². The van der Waals surface area contributed by atoms with Gasteiger partial charge >= 0.3 is 0 Å². The van der Waals surface area contributed by atoms with Gasteiger partial charge in [0, 0.05) is 32.1 Å². The van der Waals surface area contributed by atoms with Crippen LogP contribution in [0.1, 0.15) is 22.8 Å². The first-order valence-electron chi connectivity index (χ1n) is 6.73. The van der Waals surface area contributed by atoms with Crippen LogP contribution in [0.3, 0.4) is 0 Å². The second kappa shape index (κ2) is 7.23. The summed E-state index contributed by atoms with van der Waals surface area (Å²) in [5, 5.41) is 5.76. The quantitative estimate of drug-likeness (QED) is 0.847. The first-order valence-corrected chi connectivity index (χ1v) is 6.73. The zero-order valence-corrected chi connectivity index (χ0v) is 12.1. The molecule has 6 heteroatoms. The van der Waals surface area contributed by atoms with Gasteiger partial charge in [-0.25, -0.2) is 9.97 Å². The van der Waals surface area contributed by atoms with Crippen molar-refractivity contribution in [2.24, 2.45) is 0 Å². The maximum Gasteiger partial charge on any atom is 0.254 e. The SMILES string of the molecule is CCOc1cc(CNc2ncccc2C(=O)NC)ccn1. The number of amides is 1. The van der Waals surface area contributed by atoms with Gasteiger partial charge in [-0.3, -0.25) is 4.79 Å². The summed E-state index contributed by atoms with van der Waals surface area (Å²) < 4.78 is 5.36. The van der Waals surface area contributed by atoms with E-state index >= 15 is 0 Å². The number of nitrogens with zero attached hydrogens (tertiary/aromatic N) is 2. The number of hydrogen-bond donors (Lipinski definition) is 2. The molecule has 0 aliphatic heterocycles. The molecular formula is C15H18N4O2. The number of carbonyl (C=O) groups is 1. The smallest absolute Gasteiger partial charge is 0.254 e. The van der Waals surface area contributed by atoms with Gasteiger partial charge < -0.3 is 15.4 Å². The van der Waals surface area contributed by atoms with E-state index in [2.05, 4.69) is 20.6 Å². The molecule has 1 amide bonds. The largest absolute Gasteiger partial charge is 0.478 e. The van der Waals surface area contributed by atoms with Crippen LogP contribution < -0.4 is 15.4 Å². The van der Waals surface area contributed by atoms with E-state index < -0.39 is 0 Å². The fourth-order valence-electron chi connectivity index (χ4n) is 1.84. The zero-order valence-electron chi connectivity index (χ0n) is 12.1. The summed E-state index contributed by atoms with van der Waals surface area (Å²) in [6.07, 6.45) is 3.34. The minimum atomic E-state index is -0.171. The predicted octanol–water partition coefficient (Wildman–Crippen LogP) is 1.85. The number of carbonyl (C=O) groups excluding carboxylic acids is 1. The summed E-state index contributed by atoms with van der Waals surface area (Å²) in [6.45, 7) is 3.02. The number of anilines is 1. The van der Waals surface area contributed by atoms with E-state index in [4.69, 9.17) is 4.74 Å². The van der Waals surface area contributed by atoms with Crippen LogP contribution in [0.2, 0.25) is 0 Å². The highest BCUT2D eigenvalue weighted by Crippen LogP contribution is 2.14. The molecule has 2 aromatic rings. The average molecular weight is 286 g/mol. The normalized spacial score (nSPS) is 10.0. The van der Waals surface area contributed by atoms with Crippen LogP contribution in [0.15, 0.2) is 36.7 Å². The molecule has 2 heterocycles. The summed E-state index contributed by atoms with van der Waals surface area (Å²) in [6, 6.07) is 7.21. The third kappa shape index (κ3) is 3.92. The minimum Gasteiger partial charge on any atom is -0.478 e. The first kappa shape index (κ1) is 14.8. The van der Waals surface area contributed by atoms with Gasteiger partial charge in [-0.1, -0.05) is 0 Å². The molecule has 2 N–H and O–H groups in total. The Labute approximate surface area is 123 Å². The molecule has 0 fully saturated rings.